The minimum absolute atomic E-state index is 0.0849. The summed E-state index contributed by atoms with van der Waals surface area (Å²) < 4.78 is 25.1. The molecule has 0 aromatic carbocycles. The molecule has 1 aliphatic heterocycles. The quantitative estimate of drug-likeness (QED) is 0.933. The van der Waals surface area contributed by atoms with Crippen LogP contribution in [-0.2, 0) is 9.84 Å². The summed E-state index contributed by atoms with van der Waals surface area (Å²) in [6.45, 7) is 3.99. The van der Waals surface area contributed by atoms with Gasteiger partial charge in [0.25, 0.3) is 0 Å². The highest BCUT2D eigenvalue weighted by Gasteiger charge is 2.32. The molecule has 3 heterocycles. The van der Waals surface area contributed by atoms with E-state index in [-0.39, 0.29) is 28.3 Å². The van der Waals surface area contributed by atoms with Gasteiger partial charge in [-0.05, 0) is 18.4 Å². The molecule has 1 unspecified atom stereocenters. The van der Waals surface area contributed by atoms with E-state index in [0.717, 1.165) is 27.2 Å². The molecule has 1 atom stereocenters. The zero-order valence-corrected chi connectivity index (χ0v) is 13.4. The van der Waals surface area contributed by atoms with Gasteiger partial charge in [-0.25, -0.2) is 13.2 Å². The van der Waals surface area contributed by atoms with Crippen LogP contribution < -0.4 is 0 Å². The first-order valence-electron chi connectivity index (χ1n) is 6.74. The highest BCUT2D eigenvalue weighted by Crippen LogP contribution is 2.36. The minimum Gasteiger partial charge on any atom is -0.477 e. The number of aromatic nitrogens is 2. The van der Waals surface area contributed by atoms with E-state index >= 15 is 0 Å². The van der Waals surface area contributed by atoms with Gasteiger partial charge in [-0.15, -0.1) is 11.3 Å². The number of sulfone groups is 1. The van der Waals surface area contributed by atoms with Crippen LogP contribution in [0.5, 0.6) is 0 Å². The Morgan fingerprint density at radius 2 is 2.24 bits per heavy atom. The van der Waals surface area contributed by atoms with Crippen molar-refractivity contribution in [3.63, 3.8) is 0 Å². The Bertz CT molecular complexity index is 817. The predicted molar refractivity (Wildman–Crippen MR) is 81.0 cm³/mol. The molecule has 0 spiro atoms. The van der Waals surface area contributed by atoms with Gasteiger partial charge < -0.3 is 5.11 Å². The molecule has 8 heteroatoms. The van der Waals surface area contributed by atoms with Crippen LogP contribution in [0.3, 0.4) is 0 Å². The van der Waals surface area contributed by atoms with Crippen molar-refractivity contribution in [3.8, 4) is 0 Å². The van der Waals surface area contributed by atoms with Gasteiger partial charge >= 0.3 is 5.97 Å². The van der Waals surface area contributed by atoms with E-state index in [1.165, 1.54) is 0 Å². The van der Waals surface area contributed by atoms with Gasteiger partial charge in [0.1, 0.15) is 9.71 Å². The Morgan fingerprint density at radius 3 is 2.76 bits per heavy atom. The normalized spacial score (nSPS) is 21.4. The molecular weight excluding hydrogens is 312 g/mol. The van der Waals surface area contributed by atoms with E-state index in [1.54, 1.807) is 10.7 Å². The highest BCUT2D eigenvalue weighted by atomic mass is 32.2. The fraction of sp³-hybridized carbons (Fsp3) is 0.538. The van der Waals surface area contributed by atoms with Crippen LogP contribution in [0.4, 0.5) is 0 Å². The van der Waals surface area contributed by atoms with Crippen LogP contribution >= 0.6 is 11.3 Å². The lowest BCUT2D eigenvalue weighted by Gasteiger charge is -2.09. The third-order valence-corrected chi connectivity index (χ3v) is 6.59. The third kappa shape index (κ3) is 2.46. The molecule has 0 radical (unpaired) electrons. The number of hydrogen-bond acceptors (Lipinski definition) is 5. The molecule has 2 aromatic heterocycles. The minimum atomic E-state index is -3.01. The summed E-state index contributed by atoms with van der Waals surface area (Å²) in [6, 6.07) is 1.45. The van der Waals surface area contributed by atoms with Crippen LogP contribution in [-0.4, -0.2) is 40.8 Å². The number of carboxylic acids is 1. The summed E-state index contributed by atoms with van der Waals surface area (Å²) >= 11 is 1.16. The summed E-state index contributed by atoms with van der Waals surface area (Å²) in [5.74, 6) is -0.547. The zero-order chi connectivity index (χ0) is 15.4. The van der Waals surface area contributed by atoms with E-state index in [4.69, 9.17) is 5.11 Å². The van der Waals surface area contributed by atoms with E-state index < -0.39 is 15.8 Å². The van der Waals surface area contributed by atoms with E-state index in [2.05, 4.69) is 5.10 Å². The van der Waals surface area contributed by atoms with Crippen molar-refractivity contribution >= 4 is 37.4 Å². The summed E-state index contributed by atoms with van der Waals surface area (Å²) in [5, 5.41) is 14.6. The molecule has 1 N–H and O–H groups in total. The number of aromatic carboxylic acids is 1. The molecule has 0 bridgehead atoms. The summed E-state index contributed by atoms with van der Waals surface area (Å²) in [5.41, 5.74) is 0.832. The van der Waals surface area contributed by atoms with E-state index in [0.29, 0.717) is 6.42 Å². The van der Waals surface area contributed by atoms with Gasteiger partial charge in [0, 0.05) is 5.39 Å². The molecule has 0 aliphatic carbocycles. The Hall–Kier alpha value is -1.41. The van der Waals surface area contributed by atoms with Crippen LogP contribution in [0.2, 0.25) is 0 Å². The largest absolute Gasteiger partial charge is 0.477 e. The van der Waals surface area contributed by atoms with E-state index in [9.17, 15) is 13.2 Å². The molecule has 6 nitrogen and oxygen atoms in total. The molecule has 1 aliphatic rings. The Balaban J connectivity index is 2.16. The first-order chi connectivity index (χ1) is 9.78. The van der Waals surface area contributed by atoms with Gasteiger partial charge in [0.05, 0.1) is 23.2 Å². The van der Waals surface area contributed by atoms with Gasteiger partial charge in [-0.3, -0.25) is 4.68 Å². The number of carboxylic acid groups (broad SMARTS) is 1. The molecule has 0 saturated carbocycles. The standard InChI is InChI=1S/C13H16N2O4S2/c1-7(2)11-9-5-10(13(16)17)20-12(9)15(14-11)8-3-4-21(18,19)6-8/h5,7-8H,3-4,6H2,1-2H3,(H,16,17). The molecule has 1 saturated heterocycles. The van der Waals surface area contributed by atoms with Crippen LogP contribution in [0, 0.1) is 0 Å². The fourth-order valence-electron chi connectivity index (χ4n) is 2.70. The average molecular weight is 328 g/mol. The van der Waals surface area contributed by atoms with Crippen LogP contribution in [0.25, 0.3) is 10.2 Å². The SMILES string of the molecule is CC(C)c1nn(C2CCS(=O)(=O)C2)c2sc(C(=O)O)cc12. The first kappa shape index (κ1) is 14.5. The summed E-state index contributed by atoms with van der Waals surface area (Å²) in [4.78, 5) is 12.2. The number of fused-ring (bicyclic) bond motifs is 1. The third-order valence-electron chi connectivity index (χ3n) is 3.72. The van der Waals surface area contributed by atoms with Crippen molar-refractivity contribution in [2.24, 2.45) is 0 Å². The number of thiophene rings is 1. The van der Waals surface area contributed by atoms with Crippen molar-refractivity contribution in [2.75, 3.05) is 11.5 Å². The van der Waals surface area contributed by atoms with Crippen molar-refractivity contribution in [2.45, 2.75) is 32.2 Å². The second-order valence-electron chi connectivity index (χ2n) is 5.68. The lowest BCUT2D eigenvalue weighted by molar-refractivity contribution is 0.0702. The Morgan fingerprint density at radius 1 is 1.52 bits per heavy atom. The number of carbonyl (C=O) groups is 1. The van der Waals surface area contributed by atoms with Gasteiger partial charge in [0.15, 0.2) is 9.84 Å². The van der Waals surface area contributed by atoms with Crippen LogP contribution in [0.1, 0.15) is 47.6 Å². The second kappa shape index (κ2) is 4.81. The average Bonchev–Trinajstić information content (AvgIpc) is 3.00. The maximum Gasteiger partial charge on any atom is 0.345 e. The van der Waals surface area contributed by atoms with Crippen molar-refractivity contribution in [1.82, 2.24) is 9.78 Å². The molecule has 114 valence electrons. The number of rotatable bonds is 3. The predicted octanol–water partition coefficient (Wildman–Crippen LogP) is 2.28. The molecule has 1 fully saturated rings. The summed E-state index contributed by atoms with van der Waals surface area (Å²) in [7, 11) is -3.01. The number of hydrogen-bond donors (Lipinski definition) is 1. The van der Waals surface area contributed by atoms with Crippen LogP contribution in [0.15, 0.2) is 6.07 Å². The van der Waals surface area contributed by atoms with Gasteiger partial charge in [-0.2, -0.15) is 5.10 Å². The maximum atomic E-state index is 11.7. The zero-order valence-electron chi connectivity index (χ0n) is 11.7. The summed E-state index contributed by atoms with van der Waals surface area (Å²) in [6.07, 6.45) is 0.539. The van der Waals surface area contributed by atoms with Gasteiger partial charge in [0.2, 0.25) is 0 Å². The molecule has 3 rings (SSSR count). The molecular formula is C13H16N2O4S2. The first-order valence-corrected chi connectivity index (χ1v) is 9.38. The number of nitrogens with zero attached hydrogens (tertiary/aromatic N) is 2. The van der Waals surface area contributed by atoms with Crippen molar-refractivity contribution in [1.29, 1.82) is 0 Å². The van der Waals surface area contributed by atoms with E-state index in [1.807, 2.05) is 13.8 Å². The Labute approximate surface area is 126 Å². The Kier molecular flexibility index (Phi) is 3.32. The lowest BCUT2D eigenvalue weighted by atomic mass is 10.1. The van der Waals surface area contributed by atoms with Crippen molar-refractivity contribution in [3.05, 3.63) is 16.6 Å². The molecule has 0 amide bonds. The second-order valence-corrected chi connectivity index (χ2v) is 8.94. The smallest absolute Gasteiger partial charge is 0.345 e. The highest BCUT2D eigenvalue weighted by molar-refractivity contribution is 7.91. The fourth-order valence-corrected chi connectivity index (χ4v) is 5.42. The monoisotopic (exact) mass is 328 g/mol. The maximum absolute atomic E-state index is 11.7. The topological polar surface area (TPSA) is 89.3 Å². The lowest BCUT2D eigenvalue weighted by Crippen LogP contribution is -2.12. The molecule has 2 aromatic rings. The van der Waals surface area contributed by atoms with Gasteiger partial charge in [-0.1, -0.05) is 13.8 Å². The molecule has 21 heavy (non-hydrogen) atoms. The van der Waals surface area contributed by atoms with Crippen molar-refractivity contribution < 1.29 is 18.3 Å².